The van der Waals surface area contributed by atoms with Gasteiger partial charge < -0.3 is 0 Å². The van der Waals surface area contributed by atoms with Crippen molar-refractivity contribution in [2.24, 2.45) is 7.05 Å². The van der Waals surface area contributed by atoms with Crippen molar-refractivity contribution in [2.75, 3.05) is 0 Å². The van der Waals surface area contributed by atoms with Gasteiger partial charge in [-0.15, -0.1) is 0 Å². The number of hydrogen-bond donors (Lipinski definition) is 0. The van der Waals surface area contributed by atoms with E-state index in [0.29, 0.717) is 16.9 Å². The average molecular weight is 401 g/mol. The highest BCUT2D eigenvalue weighted by atomic mass is 19.4. The summed E-state index contributed by atoms with van der Waals surface area (Å²) >= 11 is 0. The Balaban J connectivity index is 1.85. The maximum atomic E-state index is 14.0. The third kappa shape index (κ3) is 3.06. The minimum Gasteiger partial charge on any atom is -0.275 e. The van der Waals surface area contributed by atoms with Crippen LogP contribution in [0, 0.1) is 5.82 Å². The summed E-state index contributed by atoms with van der Waals surface area (Å²) in [6, 6.07) is 6.50. The molecule has 0 bridgehead atoms. The number of hydrogen-bond acceptors (Lipinski definition) is 3. The lowest BCUT2D eigenvalue weighted by Crippen LogP contribution is -2.08. The van der Waals surface area contributed by atoms with Crippen LogP contribution in [-0.4, -0.2) is 24.5 Å². The van der Waals surface area contributed by atoms with E-state index in [1.165, 1.54) is 39.8 Å². The average Bonchev–Trinajstić information content (AvgIpc) is 3.31. The first-order chi connectivity index (χ1) is 13.8. The number of alkyl halides is 3. The van der Waals surface area contributed by atoms with Gasteiger partial charge in [0.1, 0.15) is 5.82 Å². The predicted octanol–water partition coefficient (Wildman–Crippen LogP) is 4.86. The van der Waals surface area contributed by atoms with Crippen LogP contribution in [-0.2, 0) is 13.2 Å². The van der Waals surface area contributed by atoms with Gasteiger partial charge in [0.05, 0.1) is 34.2 Å². The molecular weight excluding hydrogens is 386 g/mol. The molecule has 0 spiro atoms. The number of aryl methyl sites for hydroxylation is 1. The highest BCUT2D eigenvalue weighted by Crippen LogP contribution is 2.46. The number of nitrogens with zero attached hydrogens (tertiary/aromatic N) is 5. The normalized spacial score (nSPS) is 14.7. The van der Waals surface area contributed by atoms with Gasteiger partial charge in [0, 0.05) is 24.7 Å². The topological polar surface area (TPSA) is 48.5 Å². The minimum absolute atomic E-state index is 0.0111. The number of benzene rings is 1. The number of halogens is 4. The van der Waals surface area contributed by atoms with E-state index in [1.807, 2.05) is 0 Å². The maximum Gasteiger partial charge on any atom is 0.417 e. The molecule has 0 N–H and O–H groups in total. The van der Waals surface area contributed by atoms with Gasteiger partial charge in [0.15, 0.2) is 5.65 Å². The van der Waals surface area contributed by atoms with Gasteiger partial charge in [-0.1, -0.05) is 0 Å². The van der Waals surface area contributed by atoms with E-state index in [4.69, 9.17) is 0 Å². The van der Waals surface area contributed by atoms with Crippen LogP contribution in [0.3, 0.4) is 0 Å². The molecule has 5 nitrogen and oxygen atoms in total. The first kappa shape index (κ1) is 17.8. The molecule has 29 heavy (non-hydrogen) atoms. The zero-order valence-corrected chi connectivity index (χ0v) is 15.3. The lowest BCUT2D eigenvalue weighted by molar-refractivity contribution is -0.136. The second kappa shape index (κ2) is 6.13. The summed E-state index contributed by atoms with van der Waals surface area (Å²) in [5.41, 5.74) is 0.807. The van der Waals surface area contributed by atoms with Crippen LogP contribution in [0.15, 0.2) is 42.7 Å². The van der Waals surface area contributed by atoms with Gasteiger partial charge in [-0.2, -0.15) is 23.4 Å². The molecule has 5 rings (SSSR count). The Hall–Kier alpha value is -3.23. The summed E-state index contributed by atoms with van der Waals surface area (Å²) in [6.45, 7) is 0. The van der Waals surface area contributed by atoms with Crippen molar-refractivity contribution in [3.63, 3.8) is 0 Å². The number of aromatic nitrogens is 5. The molecule has 1 aliphatic carbocycles. The monoisotopic (exact) mass is 401 g/mol. The van der Waals surface area contributed by atoms with Gasteiger partial charge >= 0.3 is 6.18 Å². The molecule has 9 heteroatoms. The van der Waals surface area contributed by atoms with E-state index in [0.717, 1.165) is 18.9 Å². The molecule has 1 saturated carbocycles. The van der Waals surface area contributed by atoms with E-state index >= 15 is 0 Å². The summed E-state index contributed by atoms with van der Waals surface area (Å²) in [5.74, 6) is -0.459. The summed E-state index contributed by atoms with van der Waals surface area (Å²) in [7, 11) is 1.68. The molecular formula is C20H15F4N5. The van der Waals surface area contributed by atoms with Crippen molar-refractivity contribution < 1.29 is 17.6 Å². The Morgan fingerprint density at radius 1 is 1.10 bits per heavy atom. The molecule has 0 saturated heterocycles. The second-order valence-corrected chi connectivity index (χ2v) is 7.20. The number of rotatable bonds is 3. The molecule has 0 aliphatic heterocycles. The van der Waals surface area contributed by atoms with Gasteiger partial charge in [0.2, 0.25) is 0 Å². The van der Waals surface area contributed by atoms with Crippen LogP contribution in [0.5, 0.6) is 0 Å². The van der Waals surface area contributed by atoms with Crippen LogP contribution in [0.4, 0.5) is 17.6 Å². The quantitative estimate of drug-likeness (QED) is 0.461. The first-order valence-electron chi connectivity index (χ1n) is 9.07. The Kier molecular flexibility index (Phi) is 3.77. The Morgan fingerprint density at radius 2 is 1.83 bits per heavy atom. The maximum absolute atomic E-state index is 14.0. The fourth-order valence-electron chi connectivity index (χ4n) is 3.47. The van der Waals surface area contributed by atoms with Gasteiger partial charge in [-0.25, -0.2) is 14.1 Å². The van der Waals surface area contributed by atoms with Gasteiger partial charge in [0.25, 0.3) is 0 Å². The largest absolute Gasteiger partial charge is 0.417 e. The van der Waals surface area contributed by atoms with E-state index in [2.05, 4.69) is 15.2 Å². The highest BCUT2D eigenvalue weighted by Gasteiger charge is 2.39. The molecule has 0 unspecified atom stereocenters. The van der Waals surface area contributed by atoms with Crippen LogP contribution >= 0.6 is 0 Å². The summed E-state index contributed by atoms with van der Waals surface area (Å²) < 4.78 is 58.3. The molecule has 3 aromatic heterocycles. The van der Waals surface area contributed by atoms with E-state index in [1.54, 1.807) is 13.2 Å². The second-order valence-electron chi connectivity index (χ2n) is 7.20. The van der Waals surface area contributed by atoms with E-state index in [9.17, 15) is 17.6 Å². The molecule has 3 heterocycles. The van der Waals surface area contributed by atoms with Crippen molar-refractivity contribution >= 4 is 11.0 Å². The van der Waals surface area contributed by atoms with Crippen LogP contribution in [0.2, 0.25) is 0 Å². The summed E-state index contributed by atoms with van der Waals surface area (Å²) in [4.78, 5) is 4.52. The molecule has 1 aromatic carbocycles. The summed E-state index contributed by atoms with van der Waals surface area (Å²) in [5, 5.41) is 8.52. The van der Waals surface area contributed by atoms with Gasteiger partial charge in [-0.05, 0) is 43.2 Å². The van der Waals surface area contributed by atoms with Crippen LogP contribution < -0.4 is 0 Å². The predicted molar refractivity (Wildman–Crippen MR) is 98.0 cm³/mol. The van der Waals surface area contributed by atoms with Crippen molar-refractivity contribution in [1.29, 1.82) is 0 Å². The standard InChI is InChI=1S/C20H15F4N5/c1-28-10-12(9-25-28)16-8-15(20(22,23)24)17-18(11-2-3-11)27-29(19(17)26-16)14-6-4-13(21)5-7-14/h4-11H,2-3H2,1H3. The molecule has 0 atom stereocenters. The molecule has 1 fully saturated rings. The fourth-order valence-corrected chi connectivity index (χ4v) is 3.47. The highest BCUT2D eigenvalue weighted by molar-refractivity contribution is 5.87. The third-order valence-electron chi connectivity index (χ3n) is 5.01. The Labute approximate surface area is 162 Å². The minimum atomic E-state index is -4.57. The lowest BCUT2D eigenvalue weighted by Gasteiger charge is -2.11. The van der Waals surface area contributed by atoms with Crippen molar-refractivity contribution in [1.82, 2.24) is 24.5 Å². The smallest absolute Gasteiger partial charge is 0.275 e. The summed E-state index contributed by atoms with van der Waals surface area (Å²) in [6.07, 6.45) is 0.0796. The van der Waals surface area contributed by atoms with Crippen molar-refractivity contribution in [2.45, 2.75) is 24.9 Å². The SMILES string of the molecule is Cn1cc(-c2cc(C(F)(F)F)c3c(C4CC4)nn(-c4ccc(F)cc4)c3n2)cn1. The molecule has 0 amide bonds. The Morgan fingerprint density at radius 3 is 2.41 bits per heavy atom. The van der Waals surface area contributed by atoms with Crippen molar-refractivity contribution in [3.8, 4) is 16.9 Å². The molecule has 148 valence electrons. The number of fused-ring (bicyclic) bond motifs is 1. The molecule has 4 aromatic rings. The number of pyridine rings is 1. The van der Waals surface area contributed by atoms with Crippen molar-refractivity contribution in [3.05, 3.63) is 59.8 Å². The first-order valence-corrected chi connectivity index (χ1v) is 9.07. The Bertz CT molecular complexity index is 1220. The van der Waals surface area contributed by atoms with Gasteiger partial charge in [-0.3, -0.25) is 4.68 Å². The molecule has 0 radical (unpaired) electrons. The zero-order chi connectivity index (χ0) is 20.3. The lowest BCUT2D eigenvalue weighted by atomic mass is 10.0. The zero-order valence-electron chi connectivity index (χ0n) is 15.3. The third-order valence-corrected chi connectivity index (χ3v) is 5.01. The van der Waals surface area contributed by atoms with Crippen LogP contribution in [0.25, 0.3) is 28.0 Å². The van der Waals surface area contributed by atoms with E-state index < -0.39 is 17.6 Å². The van der Waals surface area contributed by atoms with Crippen LogP contribution in [0.1, 0.15) is 30.0 Å². The molecule has 1 aliphatic rings. The fraction of sp³-hybridized carbons (Fsp3) is 0.250. The van der Waals surface area contributed by atoms with E-state index in [-0.39, 0.29) is 22.6 Å².